The van der Waals surface area contributed by atoms with Gasteiger partial charge in [-0.2, -0.15) is 0 Å². The molecule has 2 N–H and O–H groups in total. The molecule has 1 aliphatic rings. The van der Waals surface area contributed by atoms with Gasteiger partial charge in [-0.3, -0.25) is 4.90 Å². The zero-order valence-corrected chi connectivity index (χ0v) is 17.7. The SMILES string of the molecule is COc1ccc(CNC(=O)NCC2CN(Cc3ccc(Cl)c(Cl)c3)CCO2)cn1. The highest BCUT2D eigenvalue weighted by Crippen LogP contribution is 2.23. The van der Waals surface area contributed by atoms with Crippen molar-refractivity contribution >= 4 is 29.2 Å². The number of methoxy groups -OCH3 is 1. The van der Waals surface area contributed by atoms with Crippen LogP contribution in [0.3, 0.4) is 0 Å². The first-order valence-corrected chi connectivity index (χ1v) is 10.1. The van der Waals surface area contributed by atoms with E-state index in [1.165, 1.54) is 0 Å². The van der Waals surface area contributed by atoms with E-state index in [0.29, 0.717) is 35.6 Å². The number of halogens is 2. The Morgan fingerprint density at radius 2 is 2.07 bits per heavy atom. The Kier molecular flexibility index (Phi) is 7.94. The minimum atomic E-state index is -0.244. The summed E-state index contributed by atoms with van der Waals surface area (Å²) in [5, 5.41) is 6.78. The van der Waals surface area contributed by atoms with Crippen LogP contribution < -0.4 is 15.4 Å². The standard InChI is InChI=1S/C20H24Cl2N4O3/c1-28-19-5-3-15(9-23-19)10-24-20(27)25-11-16-13-26(6-7-29-16)12-14-2-4-17(21)18(22)8-14/h2-5,8-9,16H,6-7,10-13H2,1H3,(H2,24,25,27). The van der Waals surface area contributed by atoms with E-state index in [9.17, 15) is 4.79 Å². The largest absolute Gasteiger partial charge is 0.481 e. The lowest BCUT2D eigenvalue weighted by Crippen LogP contribution is -2.48. The lowest BCUT2D eigenvalue weighted by Gasteiger charge is -2.33. The summed E-state index contributed by atoms with van der Waals surface area (Å²) in [5.74, 6) is 0.540. The Hall–Kier alpha value is -2.06. The molecule has 2 aromatic rings. The van der Waals surface area contributed by atoms with E-state index < -0.39 is 0 Å². The van der Waals surface area contributed by atoms with E-state index in [1.807, 2.05) is 18.2 Å². The van der Waals surface area contributed by atoms with Crippen LogP contribution >= 0.6 is 23.2 Å². The number of pyridine rings is 1. The molecule has 7 nitrogen and oxygen atoms in total. The van der Waals surface area contributed by atoms with Crippen molar-refractivity contribution in [3.8, 4) is 5.88 Å². The van der Waals surface area contributed by atoms with Crippen molar-refractivity contribution in [1.29, 1.82) is 0 Å². The van der Waals surface area contributed by atoms with Gasteiger partial charge in [0.05, 0.1) is 29.9 Å². The fourth-order valence-corrected chi connectivity index (χ4v) is 3.35. The number of hydrogen-bond donors (Lipinski definition) is 2. The van der Waals surface area contributed by atoms with Gasteiger partial charge >= 0.3 is 6.03 Å². The van der Waals surface area contributed by atoms with Crippen molar-refractivity contribution < 1.29 is 14.3 Å². The van der Waals surface area contributed by atoms with Crippen molar-refractivity contribution in [3.05, 3.63) is 57.7 Å². The molecule has 0 saturated carbocycles. The summed E-state index contributed by atoms with van der Waals surface area (Å²) in [5.41, 5.74) is 1.99. The van der Waals surface area contributed by atoms with Gasteiger partial charge in [0.1, 0.15) is 0 Å². The van der Waals surface area contributed by atoms with Crippen LogP contribution in [0.15, 0.2) is 36.5 Å². The van der Waals surface area contributed by atoms with Gasteiger partial charge in [-0.1, -0.05) is 35.3 Å². The number of rotatable bonds is 7. The van der Waals surface area contributed by atoms with Gasteiger partial charge in [0, 0.05) is 45.0 Å². The summed E-state index contributed by atoms with van der Waals surface area (Å²) in [6.07, 6.45) is 1.60. The maximum atomic E-state index is 12.1. The molecule has 1 saturated heterocycles. The van der Waals surface area contributed by atoms with Crippen LogP contribution in [0.25, 0.3) is 0 Å². The van der Waals surface area contributed by atoms with Crippen LogP contribution in [-0.2, 0) is 17.8 Å². The van der Waals surface area contributed by atoms with Gasteiger partial charge in [0.15, 0.2) is 0 Å². The van der Waals surface area contributed by atoms with E-state index in [4.69, 9.17) is 32.7 Å². The molecule has 0 aliphatic carbocycles. The van der Waals surface area contributed by atoms with Crippen molar-refractivity contribution in [2.24, 2.45) is 0 Å². The van der Waals surface area contributed by atoms with Crippen LogP contribution in [0.4, 0.5) is 4.79 Å². The molecule has 2 amide bonds. The predicted octanol–water partition coefficient (Wildman–Crippen LogP) is 3.10. The highest BCUT2D eigenvalue weighted by atomic mass is 35.5. The highest BCUT2D eigenvalue weighted by Gasteiger charge is 2.21. The normalized spacial score (nSPS) is 17.0. The molecule has 1 aliphatic heterocycles. The molecule has 9 heteroatoms. The lowest BCUT2D eigenvalue weighted by molar-refractivity contribution is -0.0287. The van der Waals surface area contributed by atoms with Crippen molar-refractivity contribution in [2.45, 2.75) is 19.2 Å². The number of ether oxygens (including phenoxy) is 2. The van der Waals surface area contributed by atoms with Crippen LogP contribution in [0.5, 0.6) is 5.88 Å². The maximum absolute atomic E-state index is 12.1. The van der Waals surface area contributed by atoms with E-state index in [1.54, 1.807) is 25.4 Å². The number of hydrogen-bond acceptors (Lipinski definition) is 5. The second-order valence-corrected chi connectivity index (χ2v) is 7.56. The molecule has 0 radical (unpaired) electrons. The maximum Gasteiger partial charge on any atom is 0.315 e. The second-order valence-electron chi connectivity index (χ2n) is 6.75. The Balaban J connectivity index is 1.40. The molecule has 1 fully saturated rings. The van der Waals surface area contributed by atoms with Crippen LogP contribution in [0.2, 0.25) is 10.0 Å². The van der Waals surface area contributed by atoms with Crippen LogP contribution in [0, 0.1) is 0 Å². The number of morpholine rings is 1. The third-order valence-electron chi connectivity index (χ3n) is 4.56. The molecule has 1 aromatic carbocycles. The number of carbonyl (C=O) groups excluding carboxylic acids is 1. The van der Waals surface area contributed by atoms with Crippen molar-refractivity contribution in [2.75, 3.05) is 33.4 Å². The number of carbonyl (C=O) groups is 1. The number of nitrogens with one attached hydrogen (secondary N) is 2. The summed E-state index contributed by atoms with van der Waals surface area (Å²) in [4.78, 5) is 18.4. The first-order chi connectivity index (χ1) is 14.0. The molecule has 1 unspecified atom stereocenters. The van der Waals surface area contributed by atoms with E-state index in [2.05, 4.69) is 20.5 Å². The molecule has 29 heavy (non-hydrogen) atoms. The highest BCUT2D eigenvalue weighted by molar-refractivity contribution is 6.42. The van der Waals surface area contributed by atoms with Gasteiger partial charge in [-0.25, -0.2) is 9.78 Å². The number of urea groups is 1. The molecule has 3 rings (SSSR count). The smallest absolute Gasteiger partial charge is 0.315 e. The first-order valence-electron chi connectivity index (χ1n) is 9.32. The summed E-state index contributed by atoms with van der Waals surface area (Å²) in [6, 6.07) is 9.03. The van der Waals surface area contributed by atoms with E-state index >= 15 is 0 Å². The minimum absolute atomic E-state index is 0.0695. The zero-order valence-electron chi connectivity index (χ0n) is 16.2. The fourth-order valence-electron chi connectivity index (χ4n) is 3.03. The molecular formula is C20H24Cl2N4O3. The van der Waals surface area contributed by atoms with Gasteiger partial charge in [0.25, 0.3) is 0 Å². The fraction of sp³-hybridized carbons (Fsp3) is 0.400. The van der Waals surface area contributed by atoms with Gasteiger partial charge in [0.2, 0.25) is 5.88 Å². The van der Waals surface area contributed by atoms with E-state index in [-0.39, 0.29) is 12.1 Å². The summed E-state index contributed by atoms with van der Waals surface area (Å²) < 4.78 is 10.8. The average Bonchev–Trinajstić information content (AvgIpc) is 2.74. The Morgan fingerprint density at radius 1 is 1.24 bits per heavy atom. The molecule has 0 bridgehead atoms. The van der Waals surface area contributed by atoms with Gasteiger partial charge < -0.3 is 20.1 Å². The third-order valence-corrected chi connectivity index (χ3v) is 5.30. The monoisotopic (exact) mass is 438 g/mol. The first kappa shape index (κ1) is 21.6. The number of amides is 2. The molecule has 0 spiro atoms. The Bertz CT molecular complexity index is 820. The average molecular weight is 439 g/mol. The van der Waals surface area contributed by atoms with Crippen LogP contribution in [-0.4, -0.2) is 55.4 Å². The molecule has 156 valence electrons. The van der Waals surface area contributed by atoms with E-state index in [0.717, 1.165) is 30.8 Å². The van der Waals surface area contributed by atoms with Crippen molar-refractivity contribution in [1.82, 2.24) is 20.5 Å². The van der Waals surface area contributed by atoms with Crippen molar-refractivity contribution in [3.63, 3.8) is 0 Å². The molecular weight excluding hydrogens is 415 g/mol. The molecule has 1 atom stereocenters. The Morgan fingerprint density at radius 3 is 2.79 bits per heavy atom. The van der Waals surface area contributed by atoms with Crippen LogP contribution in [0.1, 0.15) is 11.1 Å². The topological polar surface area (TPSA) is 75.7 Å². The third kappa shape index (κ3) is 6.75. The summed E-state index contributed by atoms with van der Waals surface area (Å²) in [6.45, 7) is 3.75. The zero-order chi connectivity index (χ0) is 20.6. The van der Waals surface area contributed by atoms with Gasteiger partial charge in [-0.15, -0.1) is 0 Å². The number of nitrogens with zero attached hydrogens (tertiary/aromatic N) is 2. The summed E-state index contributed by atoms with van der Waals surface area (Å²) >= 11 is 12.1. The minimum Gasteiger partial charge on any atom is -0.481 e. The predicted molar refractivity (Wildman–Crippen MR) is 113 cm³/mol. The Labute approximate surface area is 180 Å². The lowest BCUT2D eigenvalue weighted by atomic mass is 10.2. The molecule has 2 heterocycles. The summed E-state index contributed by atoms with van der Waals surface area (Å²) in [7, 11) is 1.56. The number of benzene rings is 1. The molecule has 1 aromatic heterocycles. The van der Waals surface area contributed by atoms with Gasteiger partial charge in [-0.05, 0) is 23.3 Å². The second kappa shape index (κ2) is 10.6. The quantitative estimate of drug-likeness (QED) is 0.694. The number of aromatic nitrogens is 1.